The fourth-order valence-electron chi connectivity index (χ4n) is 2.48. The second kappa shape index (κ2) is 8.48. The lowest BCUT2D eigenvalue weighted by molar-refractivity contribution is 0.101. The van der Waals surface area contributed by atoms with Crippen molar-refractivity contribution in [1.29, 1.82) is 0 Å². The average molecular weight is 414 g/mol. The Kier molecular flexibility index (Phi) is 6.03. The molecule has 3 aromatic rings. The summed E-state index contributed by atoms with van der Waals surface area (Å²) in [5.74, 6) is 1.20. The number of ether oxygens (including phenoxy) is 1. The van der Waals surface area contributed by atoms with Crippen LogP contribution in [0.2, 0.25) is 0 Å². The van der Waals surface area contributed by atoms with Crippen molar-refractivity contribution in [2.24, 2.45) is 5.92 Å². The van der Waals surface area contributed by atoms with Crippen LogP contribution in [0.4, 0.5) is 5.69 Å². The van der Waals surface area contributed by atoms with Gasteiger partial charge in [-0.25, -0.2) is 8.42 Å². The van der Waals surface area contributed by atoms with Crippen molar-refractivity contribution in [3.63, 3.8) is 0 Å². The Bertz CT molecular complexity index is 1080. The summed E-state index contributed by atoms with van der Waals surface area (Å²) in [5.41, 5.74) is 1.34. The third-order valence-corrected chi connectivity index (χ3v) is 5.13. The van der Waals surface area contributed by atoms with Crippen molar-refractivity contribution < 1.29 is 22.5 Å². The summed E-state index contributed by atoms with van der Waals surface area (Å²) in [6.45, 7) is 4.79. The van der Waals surface area contributed by atoms with E-state index in [0.717, 1.165) is 17.6 Å². The highest BCUT2D eigenvalue weighted by atomic mass is 32.2. The molecule has 152 valence electrons. The molecule has 0 saturated carbocycles. The SMILES string of the molecule is CC(C)COc1ccc(-c2cc(C(=O)Nc3ccc(S(C)(=O)=O)cc3)no2)cc1. The van der Waals surface area contributed by atoms with Crippen molar-refractivity contribution in [1.82, 2.24) is 5.16 Å². The number of hydrogen-bond acceptors (Lipinski definition) is 6. The van der Waals surface area contributed by atoms with Gasteiger partial charge >= 0.3 is 0 Å². The summed E-state index contributed by atoms with van der Waals surface area (Å²) in [6.07, 6.45) is 1.13. The van der Waals surface area contributed by atoms with E-state index in [1.54, 1.807) is 6.07 Å². The molecule has 0 spiro atoms. The van der Waals surface area contributed by atoms with E-state index < -0.39 is 15.7 Å². The van der Waals surface area contributed by atoms with Gasteiger partial charge in [0.1, 0.15) is 5.75 Å². The number of anilines is 1. The lowest BCUT2D eigenvalue weighted by Gasteiger charge is -2.08. The molecule has 1 heterocycles. The summed E-state index contributed by atoms with van der Waals surface area (Å²) < 4.78 is 33.9. The van der Waals surface area contributed by atoms with E-state index in [0.29, 0.717) is 24.0 Å². The molecule has 0 fully saturated rings. The van der Waals surface area contributed by atoms with E-state index in [1.807, 2.05) is 24.3 Å². The molecule has 0 aliphatic heterocycles. The smallest absolute Gasteiger partial charge is 0.277 e. The fourth-order valence-corrected chi connectivity index (χ4v) is 3.11. The first-order valence-corrected chi connectivity index (χ1v) is 10.9. The number of amides is 1. The molecule has 0 bridgehead atoms. The number of aromatic nitrogens is 1. The Balaban J connectivity index is 1.67. The predicted octanol–water partition coefficient (Wildman–Crippen LogP) is 4.03. The third kappa shape index (κ3) is 5.45. The summed E-state index contributed by atoms with van der Waals surface area (Å²) in [6, 6.07) is 14.8. The molecule has 0 saturated heterocycles. The zero-order chi connectivity index (χ0) is 21.0. The van der Waals surface area contributed by atoms with Crippen LogP contribution in [0.5, 0.6) is 5.75 Å². The Hall–Kier alpha value is -3.13. The first-order chi connectivity index (χ1) is 13.7. The zero-order valence-corrected chi connectivity index (χ0v) is 17.2. The van der Waals surface area contributed by atoms with Gasteiger partial charge in [0.2, 0.25) is 0 Å². The maximum Gasteiger partial charge on any atom is 0.277 e. The number of nitrogens with one attached hydrogen (secondary N) is 1. The van der Waals surface area contributed by atoms with Crippen LogP contribution in [0.25, 0.3) is 11.3 Å². The molecular weight excluding hydrogens is 392 g/mol. The number of benzene rings is 2. The number of carbonyl (C=O) groups is 1. The minimum Gasteiger partial charge on any atom is -0.493 e. The van der Waals surface area contributed by atoms with Crippen LogP contribution in [0.15, 0.2) is 64.0 Å². The maximum absolute atomic E-state index is 12.4. The van der Waals surface area contributed by atoms with Gasteiger partial charge in [0.05, 0.1) is 11.5 Å². The normalized spacial score (nSPS) is 11.4. The zero-order valence-electron chi connectivity index (χ0n) is 16.4. The molecule has 0 aliphatic rings. The van der Waals surface area contributed by atoms with Crippen LogP contribution in [0, 0.1) is 5.92 Å². The highest BCUT2D eigenvalue weighted by Gasteiger charge is 2.15. The van der Waals surface area contributed by atoms with E-state index in [9.17, 15) is 13.2 Å². The lowest BCUT2D eigenvalue weighted by atomic mass is 10.1. The quantitative estimate of drug-likeness (QED) is 0.627. The summed E-state index contributed by atoms with van der Waals surface area (Å²) in [7, 11) is -3.29. The fraction of sp³-hybridized carbons (Fsp3) is 0.238. The number of carbonyl (C=O) groups excluding carboxylic acids is 1. The van der Waals surface area contributed by atoms with E-state index in [1.165, 1.54) is 24.3 Å². The molecule has 1 aromatic heterocycles. The van der Waals surface area contributed by atoms with Crippen molar-refractivity contribution in [3.8, 4) is 17.1 Å². The van der Waals surface area contributed by atoms with Crippen molar-refractivity contribution >= 4 is 21.4 Å². The van der Waals surface area contributed by atoms with Crippen LogP contribution < -0.4 is 10.1 Å². The summed E-state index contributed by atoms with van der Waals surface area (Å²) in [5, 5.41) is 6.48. The molecule has 2 aromatic carbocycles. The van der Waals surface area contributed by atoms with Gasteiger partial charge in [-0.2, -0.15) is 0 Å². The predicted molar refractivity (Wildman–Crippen MR) is 110 cm³/mol. The Morgan fingerprint density at radius 2 is 1.76 bits per heavy atom. The first-order valence-electron chi connectivity index (χ1n) is 9.04. The minimum atomic E-state index is -3.29. The molecule has 0 atom stereocenters. The van der Waals surface area contributed by atoms with Gasteiger partial charge in [-0.3, -0.25) is 4.79 Å². The molecule has 1 N–H and O–H groups in total. The van der Waals surface area contributed by atoms with Crippen molar-refractivity contribution in [3.05, 3.63) is 60.3 Å². The Morgan fingerprint density at radius 3 is 2.34 bits per heavy atom. The van der Waals surface area contributed by atoms with E-state index >= 15 is 0 Å². The highest BCUT2D eigenvalue weighted by Crippen LogP contribution is 2.24. The monoisotopic (exact) mass is 414 g/mol. The summed E-state index contributed by atoms with van der Waals surface area (Å²) >= 11 is 0. The average Bonchev–Trinajstić information content (AvgIpc) is 3.17. The Labute approximate surface area is 169 Å². The van der Waals surface area contributed by atoms with Gasteiger partial charge in [0.15, 0.2) is 21.3 Å². The van der Waals surface area contributed by atoms with E-state index in [2.05, 4.69) is 24.3 Å². The van der Waals surface area contributed by atoms with Gasteiger partial charge < -0.3 is 14.6 Å². The number of nitrogens with zero attached hydrogens (tertiary/aromatic N) is 1. The summed E-state index contributed by atoms with van der Waals surface area (Å²) in [4.78, 5) is 12.6. The molecule has 0 radical (unpaired) electrons. The Morgan fingerprint density at radius 1 is 1.10 bits per heavy atom. The molecule has 1 amide bonds. The molecule has 3 rings (SSSR count). The lowest BCUT2D eigenvalue weighted by Crippen LogP contribution is -2.12. The van der Waals surface area contributed by atoms with Gasteiger partial charge in [0.25, 0.3) is 5.91 Å². The van der Waals surface area contributed by atoms with Gasteiger partial charge in [-0.15, -0.1) is 0 Å². The number of rotatable bonds is 7. The molecule has 8 heteroatoms. The minimum absolute atomic E-state index is 0.118. The van der Waals surface area contributed by atoms with E-state index in [-0.39, 0.29) is 10.6 Å². The molecule has 0 aliphatic carbocycles. The largest absolute Gasteiger partial charge is 0.493 e. The van der Waals surface area contributed by atoms with E-state index in [4.69, 9.17) is 9.26 Å². The van der Waals surface area contributed by atoms with Gasteiger partial charge in [0, 0.05) is 23.6 Å². The topological polar surface area (TPSA) is 98.5 Å². The van der Waals surface area contributed by atoms with Crippen LogP contribution in [-0.4, -0.2) is 32.3 Å². The standard InChI is InChI=1S/C21H22N2O5S/c1-14(2)13-27-17-8-4-15(5-9-17)20-12-19(23-28-20)21(24)22-16-6-10-18(11-7-16)29(3,25)26/h4-12,14H,13H2,1-3H3,(H,22,24). The van der Waals surface area contributed by atoms with Crippen LogP contribution in [0.1, 0.15) is 24.3 Å². The van der Waals surface area contributed by atoms with Crippen molar-refractivity contribution in [2.75, 3.05) is 18.2 Å². The van der Waals surface area contributed by atoms with Crippen molar-refractivity contribution in [2.45, 2.75) is 18.7 Å². The number of sulfone groups is 1. The molecule has 0 unspecified atom stereocenters. The second-order valence-corrected chi connectivity index (χ2v) is 9.07. The first kappa shape index (κ1) is 20.6. The molecular formula is C21H22N2O5S. The van der Waals surface area contributed by atoms with Crippen LogP contribution in [0.3, 0.4) is 0 Å². The van der Waals surface area contributed by atoms with Crippen LogP contribution >= 0.6 is 0 Å². The third-order valence-electron chi connectivity index (χ3n) is 4.01. The maximum atomic E-state index is 12.4. The second-order valence-electron chi connectivity index (χ2n) is 7.06. The van der Waals surface area contributed by atoms with Gasteiger partial charge in [-0.1, -0.05) is 19.0 Å². The molecule has 7 nitrogen and oxygen atoms in total. The number of hydrogen-bond donors (Lipinski definition) is 1. The molecule has 29 heavy (non-hydrogen) atoms. The van der Waals surface area contributed by atoms with Crippen LogP contribution in [-0.2, 0) is 9.84 Å². The van der Waals surface area contributed by atoms with Gasteiger partial charge in [-0.05, 0) is 54.4 Å². The highest BCUT2D eigenvalue weighted by molar-refractivity contribution is 7.90.